The Hall–Kier alpha value is -1.71. The van der Waals surface area contributed by atoms with Crippen LogP contribution in [0.15, 0.2) is 18.2 Å². The first-order valence-corrected chi connectivity index (χ1v) is 8.55. The molecule has 0 N–H and O–H groups in total. The van der Waals surface area contributed by atoms with Gasteiger partial charge < -0.3 is 14.2 Å². The summed E-state index contributed by atoms with van der Waals surface area (Å²) in [5.41, 5.74) is 0.410. The minimum atomic E-state index is -0.407. The summed E-state index contributed by atoms with van der Waals surface area (Å²) in [6.07, 6.45) is 7.36. The molecule has 1 atom stereocenters. The molecule has 4 nitrogen and oxygen atoms in total. The van der Waals surface area contributed by atoms with E-state index < -0.39 is 5.97 Å². The van der Waals surface area contributed by atoms with Crippen LogP contribution in [0.2, 0.25) is 0 Å². The molecule has 0 fully saturated rings. The van der Waals surface area contributed by atoms with Crippen LogP contribution < -0.4 is 9.47 Å². The average Bonchev–Trinajstić information content (AvgIpc) is 2.59. The number of ether oxygens (including phenoxy) is 3. The molecule has 0 aliphatic carbocycles. The molecule has 0 heterocycles. The summed E-state index contributed by atoms with van der Waals surface area (Å²) in [7, 11) is 2.89. The maximum atomic E-state index is 11.6. The number of methoxy groups -OCH3 is 2. The van der Waals surface area contributed by atoms with Gasteiger partial charge >= 0.3 is 5.97 Å². The second-order valence-electron chi connectivity index (χ2n) is 5.76. The zero-order valence-electron chi connectivity index (χ0n) is 14.9. The lowest BCUT2D eigenvalue weighted by Crippen LogP contribution is -2.05. The van der Waals surface area contributed by atoms with Gasteiger partial charge in [0.05, 0.1) is 20.8 Å². The molecule has 0 bridgehead atoms. The van der Waals surface area contributed by atoms with Crippen LogP contribution in [0.4, 0.5) is 0 Å². The molecule has 0 saturated carbocycles. The first-order valence-electron chi connectivity index (χ1n) is 8.55. The number of rotatable bonds is 11. The molecule has 23 heavy (non-hydrogen) atoms. The van der Waals surface area contributed by atoms with E-state index in [4.69, 9.17) is 14.2 Å². The van der Waals surface area contributed by atoms with Crippen molar-refractivity contribution in [2.24, 2.45) is 5.92 Å². The first kappa shape index (κ1) is 19.3. The van der Waals surface area contributed by atoms with Crippen LogP contribution >= 0.6 is 0 Å². The Balaban J connectivity index is 2.42. The highest BCUT2D eigenvalue weighted by molar-refractivity contribution is 5.92. The van der Waals surface area contributed by atoms with Crippen molar-refractivity contribution in [3.63, 3.8) is 0 Å². The fraction of sp³-hybridized carbons (Fsp3) is 0.632. The minimum absolute atomic E-state index is 0.407. The van der Waals surface area contributed by atoms with Crippen molar-refractivity contribution in [2.75, 3.05) is 20.8 Å². The quantitative estimate of drug-likeness (QED) is 0.431. The fourth-order valence-electron chi connectivity index (χ4n) is 2.73. The van der Waals surface area contributed by atoms with Gasteiger partial charge in [-0.1, -0.05) is 39.5 Å². The van der Waals surface area contributed by atoms with Gasteiger partial charge in [0.25, 0.3) is 0 Å². The molecule has 0 aliphatic heterocycles. The third kappa shape index (κ3) is 6.51. The van der Waals surface area contributed by atoms with Gasteiger partial charge in [-0.05, 0) is 30.9 Å². The van der Waals surface area contributed by atoms with E-state index in [9.17, 15) is 4.79 Å². The second kappa shape index (κ2) is 10.9. The normalized spacial score (nSPS) is 11.8. The molecule has 4 heteroatoms. The van der Waals surface area contributed by atoms with Crippen molar-refractivity contribution in [3.05, 3.63) is 23.8 Å². The summed E-state index contributed by atoms with van der Waals surface area (Å²) in [5, 5.41) is 0. The molecule has 0 saturated heterocycles. The smallest absolute Gasteiger partial charge is 0.341 e. The number of carbonyl (C=O) groups is 1. The summed E-state index contributed by atoms with van der Waals surface area (Å²) in [4.78, 5) is 11.6. The lowest BCUT2D eigenvalue weighted by atomic mass is 9.95. The molecule has 1 aromatic carbocycles. The molecule has 1 rings (SSSR count). The van der Waals surface area contributed by atoms with E-state index in [0.717, 1.165) is 18.1 Å². The van der Waals surface area contributed by atoms with E-state index >= 15 is 0 Å². The van der Waals surface area contributed by atoms with Crippen molar-refractivity contribution in [1.82, 2.24) is 0 Å². The molecule has 0 spiro atoms. The monoisotopic (exact) mass is 322 g/mol. The highest BCUT2D eigenvalue weighted by Gasteiger charge is 2.13. The van der Waals surface area contributed by atoms with E-state index in [1.54, 1.807) is 18.2 Å². The van der Waals surface area contributed by atoms with Crippen molar-refractivity contribution in [2.45, 2.75) is 52.4 Å². The summed E-state index contributed by atoms with van der Waals surface area (Å²) in [6, 6.07) is 5.19. The number of esters is 1. The Kier molecular flexibility index (Phi) is 9.18. The molecular weight excluding hydrogens is 292 g/mol. The van der Waals surface area contributed by atoms with Crippen molar-refractivity contribution in [1.29, 1.82) is 0 Å². The van der Waals surface area contributed by atoms with Crippen LogP contribution in [0.5, 0.6) is 11.5 Å². The standard InChI is InChI=1S/C19H30O4/c1-5-9-15(6-2)10-7-8-13-23-16-11-12-17(19(20)22-4)18(14-16)21-3/h11-12,14-15H,5-10,13H2,1-4H3. The summed E-state index contributed by atoms with van der Waals surface area (Å²) < 4.78 is 15.7. The Morgan fingerprint density at radius 2 is 1.91 bits per heavy atom. The lowest BCUT2D eigenvalue weighted by Gasteiger charge is -2.14. The predicted octanol–water partition coefficient (Wildman–Crippen LogP) is 4.86. The van der Waals surface area contributed by atoms with Crippen LogP contribution in [-0.2, 0) is 4.74 Å². The number of hydrogen-bond acceptors (Lipinski definition) is 4. The largest absolute Gasteiger partial charge is 0.496 e. The van der Waals surface area contributed by atoms with Crippen LogP contribution in [-0.4, -0.2) is 26.8 Å². The van der Waals surface area contributed by atoms with Gasteiger partial charge in [-0.25, -0.2) is 4.79 Å². The maximum absolute atomic E-state index is 11.6. The van der Waals surface area contributed by atoms with Crippen molar-refractivity contribution in [3.8, 4) is 11.5 Å². The highest BCUT2D eigenvalue weighted by atomic mass is 16.5. The van der Waals surface area contributed by atoms with Gasteiger partial charge in [0, 0.05) is 6.07 Å². The lowest BCUT2D eigenvalue weighted by molar-refractivity contribution is 0.0597. The zero-order valence-corrected chi connectivity index (χ0v) is 14.9. The topological polar surface area (TPSA) is 44.8 Å². The number of hydrogen-bond donors (Lipinski definition) is 0. The molecule has 1 aromatic rings. The predicted molar refractivity (Wildman–Crippen MR) is 92.4 cm³/mol. The van der Waals surface area contributed by atoms with Gasteiger partial charge in [0.2, 0.25) is 0 Å². The third-order valence-electron chi connectivity index (χ3n) is 4.13. The maximum Gasteiger partial charge on any atom is 0.341 e. The van der Waals surface area contributed by atoms with Crippen LogP contribution in [0.25, 0.3) is 0 Å². The number of carbonyl (C=O) groups excluding carboxylic acids is 1. The van der Waals surface area contributed by atoms with Gasteiger partial charge in [0.1, 0.15) is 17.1 Å². The van der Waals surface area contributed by atoms with E-state index in [-0.39, 0.29) is 0 Å². The SMILES string of the molecule is CCCC(CC)CCCCOc1ccc(C(=O)OC)c(OC)c1. The molecule has 130 valence electrons. The van der Waals surface area contributed by atoms with Crippen molar-refractivity contribution >= 4 is 5.97 Å². The zero-order chi connectivity index (χ0) is 17.1. The van der Waals surface area contributed by atoms with Crippen LogP contribution in [0, 0.1) is 5.92 Å². The number of unbranched alkanes of at least 4 members (excludes halogenated alkanes) is 1. The summed E-state index contributed by atoms with van der Waals surface area (Å²) >= 11 is 0. The first-order chi connectivity index (χ1) is 11.2. The van der Waals surface area contributed by atoms with Crippen molar-refractivity contribution < 1.29 is 19.0 Å². The molecular formula is C19H30O4. The van der Waals surface area contributed by atoms with Gasteiger partial charge in [0.15, 0.2) is 0 Å². The Morgan fingerprint density at radius 3 is 2.52 bits per heavy atom. The minimum Gasteiger partial charge on any atom is -0.496 e. The average molecular weight is 322 g/mol. The number of benzene rings is 1. The van der Waals surface area contributed by atoms with E-state index in [2.05, 4.69) is 13.8 Å². The Labute approximate surface area is 140 Å². The second-order valence-corrected chi connectivity index (χ2v) is 5.76. The molecule has 1 unspecified atom stereocenters. The van der Waals surface area contributed by atoms with E-state index in [1.165, 1.54) is 46.3 Å². The Morgan fingerprint density at radius 1 is 1.13 bits per heavy atom. The summed E-state index contributed by atoms with van der Waals surface area (Å²) in [6.45, 7) is 5.20. The van der Waals surface area contributed by atoms with Gasteiger partial charge in [-0.15, -0.1) is 0 Å². The Bertz CT molecular complexity index is 470. The van der Waals surface area contributed by atoms with Crippen LogP contribution in [0.3, 0.4) is 0 Å². The fourth-order valence-corrected chi connectivity index (χ4v) is 2.73. The molecule has 0 amide bonds. The summed E-state index contributed by atoms with van der Waals surface area (Å²) in [5.74, 6) is 1.63. The third-order valence-corrected chi connectivity index (χ3v) is 4.13. The van der Waals surface area contributed by atoms with E-state index in [0.29, 0.717) is 17.9 Å². The van der Waals surface area contributed by atoms with Gasteiger partial charge in [-0.3, -0.25) is 0 Å². The molecule has 0 aromatic heterocycles. The molecule has 0 radical (unpaired) electrons. The van der Waals surface area contributed by atoms with E-state index in [1.807, 2.05) is 0 Å². The van der Waals surface area contributed by atoms with Crippen LogP contribution in [0.1, 0.15) is 62.7 Å². The van der Waals surface area contributed by atoms with Gasteiger partial charge in [-0.2, -0.15) is 0 Å². The highest BCUT2D eigenvalue weighted by Crippen LogP contribution is 2.25. The molecule has 0 aliphatic rings.